The van der Waals surface area contributed by atoms with Crippen molar-refractivity contribution < 1.29 is 19.1 Å². The topological polar surface area (TPSA) is 91.8 Å². The van der Waals surface area contributed by atoms with Crippen LogP contribution < -0.4 is 5.32 Å². The van der Waals surface area contributed by atoms with Gasteiger partial charge in [-0.05, 0) is 31.4 Å². The summed E-state index contributed by atoms with van der Waals surface area (Å²) in [6.45, 7) is 3.89. The zero-order valence-electron chi connectivity index (χ0n) is 18.5. The number of carbonyl (C=O) groups is 3. The molecule has 1 saturated heterocycles. The zero-order chi connectivity index (χ0) is 22.5. The van der Waals surface area contributed by atoms with Crippen LogP contribution in [0.1, 0.15) is 53.9 Å². The summed E-state index contributed by atoms with van der Waals surface area (Å²) in [5.74, 6) is -0.497. The summed E-state index contributed by atoms with van der Waals surface area (Å²) in [7, 11) is 1.35. The van der Waals surface area contributed by atoms with E-state index in [4.69, 9.17) is 9.72 Å². The number of thiophene rings is 1. The number of rotatable bonds is 6. The van der Waals surface area contributed by atoms with Crippen LogP contribution in [-0.4, -0.2) is 66.4 Å². The first-order chi connectivity index (χ1) is 15.6. The predicted molar refractivity (Wildman–Crippen MR) is 124 cm³/mol. The SMILES string of the molecule is COC(=O)c1sc2nc(CN3CCCN(C=O)CC3)ccc2c1NC(=O)C1CCCCC1. The monoisotopic (exact) mass is 458 g/mol. The van der Waals surface area contributed by atoms with Gasteiger partial charge in [0.1, 0.15) is 9.71 Å². The van der Waals surface area contributed by atoms with E-state index in [-0.39, 0.29) is 11.8 Å². The summed E-state index contributed by atoms with van der Waals surface area (Å²) in [5.41, 5.74) is 1.42. The number of nitrogens with one attached hydrogen (secondary N) is 1. The van der Waals surface area contributed by atoms with Crippen molar-refractivity contribution in [1.29, 1.82) is 0 Å². The third-order valence-electron chi connectivity index (χ3n) is 6.37. The molecule has 9 heteroatoms. The molecule has 2 aromatic rings. The van der Waals surface area contributed by atoms with Crippen LogP contribution >= 0.6 is 11.3 Å². The number of hydrogen-bond acceptors (Lipinski definition) is 7. The van der Waals surface area contributed by atoms with Gasteiger partial charge in [-0.1, -0.05) is 19.3 Å². The van der Waals surface area contributed by atoms with E-state index in [1.165, 1.54) is 24.9 Å². The van der Waals surface area contributed by atoms with Crippen LogP contribution in [0.4, 0.5) is 5.69 Å². The fraction of sp³-hybridized carbons (Fsp3) is 0.565. The molecule has 2 aliphatic rings. The first-order valence-corrected chi connectivity index (χ1v) is 12.1. The molecule has 0 spiro atoms. The molecular weight excluding hydrogens is 428 g/mol. The van der Waals surface area contributed by atoms with Crippen molar-refractivity contribution in [2.45, 2.75) is 45.1 Å². The average Bonchev–Trinajstić information content (AvgIpc) is 3.01. The molecule has 8 nitrogen and oxygen atoms in total. The summed E-state index contributed by atoms with van der Waals surface area (Å²) < 4.78 is 4.97. The molecule has 32 heavy (non-hydrogen) atoms. The molecule has 1 aliphatic carbocycles. The number of fused-ring (bicyclic) bond motifs is 1. The van der Waals surface area contributed by atoms with Gasteiger partial charge in [0.2, 0.25) is 12.3 Å². The third kappa shape index (κ3) is 5.10. The normalized spacial score (nSPS) is 18.3. The molecule has 2 amide bonds. The quantitative estimate of drug-likeness (QED) is 0.528. The molecule has 2 fully saturated rings. The molecule has 0 radical (unpaired) electrons. The molecular formula is C23H30N4O4S. The fourth-order valence-corrected chi connectivity index (χ4v) is 5.60. The van der Waals surface area contributed by atoms with Gasteiger partial charge in [0.05, 0.1) is 18.5 Å². The van der Waals surface area contributed by atoms with Crippen molar-refractivity contribution in [1.82, 2.24) is 14.8 Å². The van der Waals surface area contributed by atoms with Crippen molar-refractivity contribution in [3.05, 3.63) is 22.7 Å². The van der Waals surface area contributed by atoms with Gasteiger partial charge in [0.15, 0.2) is 0 Å². The number of amides is 2. The Bertz CT molecular complexity index is 986. The fourth-order valence-electron chi connectivity index (χ4n) is 4.54. The molecule has 4 rings (SSSR count). The van der Waals surface area contributed by atoms with Gasteiger partial charge >= 0.3 is 5.97 Å². The number of pyridine rings is 1. The smallest absolute Gasteiger partial charge is 0.350 e. The number of methoxy groups -OCH3 is 1. The molecule has 0 bridgehead atoms. The highest BCUT2D eigenvalue weighted by atomic mass is 32.1. The van der Waals surface area contributed by atoms with Crippen LogP contribution in [0.25, 0.3) is 10.2 Å². The Morgan fingerprint density at radius 2 is 1.97 bits per heavy atom. The molecule has 2 aromatic heterocycles. The van der Waals surface area contributed by atoms with E-state index in [1.807, 2.05) is 12.1 Å². The maximum atomic E-state index is 12.9. The number of nitrogens with zero attached hydrogens (tertiary/aromatic N) is 3. The van der Waals surface area contributed by atoms with Crippen molar-refractivity contribution in [2.75, 3.05) is 38.6 Å². The van der Waals surface area contributed by atoms with Crippen LogP contribution in [0.15, 0.2) is 12.1 Å². The van der Waals surface area contributed by atoms with Crippen molar-refractivity contribution in [3.63, 3.8) is 0 Å². The minimum absolute atomic E-state index is 0.00889. The number of hydrogen-bond donors (Lipinski definition) is 1. The second-order valence-corrected chi connectivity index (χ2v) is 9.55. The molecule has 1 N–H and O–H groups in total. The average molecular weight is 459 g/mol. The van der Waals surface area contributed by atoms with Gasteiger partial charge in [-0.2, -0.15) is 0 Å². The molecule has 0 aromatic carbocycles. The number of carbonyl (C=O) groups excluding carboxylic acids is 3. The molecule has 172 valence electrons. The van der Waals surface area contributed by atoms with E-state index < -0.39 is 5.97 Å². The maximum Gasteiger partial charge on any atom is 0.350 e. The van der Waals surface area contributed by atoms with E-state index in [0.29, 0.717) is 28.5 Å². The molecule has 3 heterocycles. The summed E-state index contributed by atoms with van der Waals surface area (Å²) in [6.07, 6.45) is 6.94. The molecule has 0 atom stereocenters. The first-order valence-electron chi connectivity index (χ1n) is 11.3. The third-order valence-corrected chi connectivity index (χ3v) is 7.45. The van der Waals surface area contributed by atoms with Crippen molar-refractivity contribution in [3.8, 4) is 0 Å². The summed E-state index contributed by atoms with van der Waals surface area (Å²) >= 11 is 1.26. The Morgan fingerprint density at radius 1 is 1.16 bits per heavy atom. The number of aromatic nitrogens is 1. The maximum absolute atomic E-state index is 12.9. The molecule has 0 unspecified atom stereocenters. The lowest BCUT2D eigenvalue weighted by Gasteiger charge is -2.21. The highest BCUT2D eigenvalue weighted by Crippen LogP contribution is 2.36. The van der Waals surface area contributed by atoms with Gasteiger partial charge < -0.3 is 15.0 Å². The second-order valence-electron chi connectivity index (χ2n) is 8.55. The van der Waals surface area contributed by atoms with Gasteiger partial charge in [0.25, 0.3) is 0 Å². The molecule has 1 saturated carbocycles. The second kappa shape index (κ2) is 10.4. The van der Waals surface area contributed by atoms with Gasteiger partial charge in [-0.25, -0.2) is 9.78 Å². The minimum atomic E-state index is -0.463. The lowest BCUT2D eigenvalue weighted by molar-refractivity contribution is -0.120. The van der Waals surface area contributed by atoms with Crippen LogP contribution in [-0.2, 0) is 20.9 Å². The van der Waals surface area contributed by atoms with Crippen LogP contribution in [0, 0.1) is 5.92 Å². The lowest BCUT2D eigenvalue weighted by Crippen LogP contribution is -2.29. The Kier molecular flexibility index (Phi) is 7.36. The highest BCUT2D eigenvalue weighted by Gasteiger charge is 2.26. The van der Waals surface area contributed by atoms with E-state index in [9.17, 15) is 14.4 Å². The van der Waals surface area contributed by atoms with E-state index in [2.05, 4.69) is 10.2 Å². The Morgan fingerprint density at radius 3 is 2.72 bits per heavy atom. The Hall–Kier alpha value is -2.52. The lowest BCUT2D eigenvalue weighted by atomic mass is 9.88. The summed E-state index contributed by atoms with van der Waals surface area (Å²) in [5, 5.41) is 3.79. The molecule has 1 aliphatic heterocycles. The largest absolute Gasteiger partial charge is 0.465 e. The Balaban J connectivity index is 1.56. The van der Waals surface area contributed by atoms with E-state index in [1.54, 1.807) is 4.90 Å². The summed E-state index contributed by atoms with van der Waals surface area (Å²) in [6, 6.07) is 3.89. The van der Waals surface area contributed by atoms with E-state index in [0.717, 1.165) is 69.2 Å². The highest BCUT2D eigenvalue weighted by molar-refractivity contribution is 7.21. The van der Waals surface area contributed by atoms with E-state index >= 15 is 0 Å². The standard InChI is InChI=1S/C23H30N4O4S/c1-31-23(30)20-19(25-21(29)16-6-3-2-4-7-16)18-9-8-17(24-22(18)32-20)14-26-10-5-11-27(15-28)13-12-26/h8-9,15-16H,2-7,10-14H2,1H3,(H,25,29). The number of esters is 1. The van der Waals surface area contributed by atoms with Crippen molar-refractivity contribution >= 4 is 45.5 Å². The first kappa shape index (κ1) is 22.7. The van der Waals surface area contributed by atoms with Gasteiger partial charge in [-0.15, -0.1) is 11.3 Å². The Labute approximate surface area is 191 Å². The van der Waals surface area contributed by atoms with Gasteiger partial charge in [0, 0.05) is 44.0 Å². The zero-order valence-corrected chi connectivity index (χ0v) is 19.3. The number of ether oxygens (including phenoxy) is 1. The minimum Gasteiger partial charge on any atom is -0.465 e. The summed E-state index contributed by atoms with van der Waals surface area (Å²) in [4.78, 5) is 46.3. The predicted octanol–water partition coefficient (Wildman–Crippen LogP) is 3.27. The van der Waals surface area contributed by atoms with Crippen LogP contribution in [0.5, 0.6) is 0 Å². The van der Waals surface area contributed by atoms with Crippen LogP contribution in [0.3, 0.4) is 0 Å². The number of anilines is 1. The van der Waals surface area contributed by atoms with Gasteiger partial charge in [-0.3, -0.25) is 14.5 Å². The van der Waals surface area contributed by atoms with Crippen LogP contribution in [0.2, 0.25) is 0 Å². The van der Waals surface area contributed by atoms with Crippen molar-refractivity contribution in [2.24, 2.45) is 5.92 Å².